The second-order valence-corrected chi connectivity index (χ2v) is 3.33. The van der Waals surface area contributed by atoms with E-state index in [1.165, 1.54) is 7.11 Å². The first-order chi connectivity index (χ1) is 9.51. The lowest BCUT2D eigenvalue weighted by Crippen LogP contribution is -2.17. The summed E-state index contributed by atoms with van der Waals surface area (Å²) >= 11 is 0. The number of carbonyl (C=O) groups excluding carboxylic acids is 2. The van der Waals surface area contributed by atoms with Crippen LogP contribution in [-0.2, 0) is 19.1 Å². The number of methoxy groups -OCH3 is 3. The summed E-state index contributed by atoms with van der Waals surface area (Å²) in [6.45, 7) is 0. The van der Waals surface area contributed by atoms with Crippen molar-refractivity contribution >= 4 is 17.8 Å². The highest BCUT2D eigenvalue weighted by atomic mass is 16.5. The average Bonchev–Trinajstić information content (AvgIpc) is 2.45. The number of aromatic nitrogens is 2. The van der Waals surface area contributed by atoms with Crippen LogP contribution in [0, 0.1) is 0 Å². The van der Waals surface area contributed by atoms with Crippen LogP contribution in [0.1, 0.15) is 0 Å². The fourth-order valence-electron chi connectivity index (χ4n) is 1.17. The quantitative estimate of drug-likeness (QED) is 0.319. The summed E-state index contributed by atoms with van der Waals surface area (Å²) in [6, 6.07) is 1.09. The van der Waals surface area contributed by atoms with Gasteiger partial charge < -0.3 is 19.5 Å². The van der Waals surface area contributed by atoms with Crippen LogP contribution in [0.2, 0.25) is 0 Å². The van der Waals surface area contributed by atoms with Crippen molar-refractivity contribution in [3.63, 3.8) is 0 Å². The van der Waals surface area contributed by atoms with Crippen LogP contribution in [-0.4, -0.2) is 43.2 Å². The molecule has 1 aromatic rings. The molecule has 0 unspecified atom stereocenters. The van der Waals surface area contributed by atoms with Gasteiger partial charge in [-0.15, -0.1) is 0 Å². The van der Waals surface area contributed by atoms with Crippen molar-refractivity contribution in [2.45, 2.75) is 0 Å². The molecular formula is C11H13N3O6. The molecule has 108 valence electrons. The van der Waals surface area contributed by atoms with Gasteiger partial charge in [0.2, 0.25) is 0 Å². The lowest BCUT2D eigenvalue weighted by atomic mass is 10.3. The Labute approximate surface area is 113 Å². The summed E-state index contributed by atoms with van der Waals surface area (Å²) in [4.78, 5) is 40.2. The lowest BCUT2D eigenvalue weighted by molar-refractivity contribution is -0.144. The molecule has 0 fully saturated rings. The van der Waals surface area contributed by atoms with Crippen molar-refractivity contribution in [3.05, 3.63) is 28.2 Å². The molecule has 1 heterocycles. The molecule has 9 nitrogen and oxygen atoms in total. The Kier molecular flexibility index (Phi) is 5.27. The molecule has 9 heteroatoms. The van der Waals surface area contributed by atoms with Gasteiger partial charge in [-0.05, 0) is 0 Å². The summed E-state index contributed by atoms with van der Waals surface area (Å²) < 4.78 is 13.6. The predicted molar refractivity (Wildman–Crippen MR) is 67.1 cm³/mol. The summed E-state index contributed by atoms with van der Waals surface area (Å²) in [5.74, 6) is -1.70. The van der Waals surface area contributed by atoms with Crippen LogP contribution >= 0.6 is 0 Å². The SMILES string of the molecule is COC(=O)C(=CNc1cc(=O)[nH]c(OC)n1)C(=O)OC. The Bertz CT molecular complexity index is 574. The molecule has 20 heavy (non-hydrogen) atoms. The van der Waals surface area contributed by atoms with E-state index in [1.54, 1.807) is 0 Å². The second-order valence-electron chi connectivity index (χ2n) is 3.33. The number of nitrogens with zero attached hydrogens (tertiary/aromatic N) is 1. The number of carbonyl (C=O) groups is 2. The number of nitrogens with one attached hydrogen (secondary N) is 2. The molecule has 2 N–H and O–H groups in total. The Balaban J connectivity index is 3.03. The maximum atomic E-state index is 11.4. The second kappa shape index (κ2) is 6.92. The Morgan fingerprint density at radius 3 is 2.35 bits per heavy atom. The third-order valence-electron chi connectivity index (χ3n) is 2.09. The van der Waals surface area contributed by atoms with Gasteiger partial charge in [0.05, 0.1) is 21.3 Å². The number of esters is 2. The first-order valence-corrected chi connectivity index (χ1v) is 5.30. The predicted octanol–water partition coefficient (Wildman–Crippen LogP) is -0.580. The summed E-state index contributed by atoms with van der Waals surface area (Å²) in [6.07, 6.45) is 1.03. The van der Waals surface area contributed by atoms with E-state index in [-0.39, 0.29) is 17.4 Å². The molecule has 0 aliphatic carbocycles. The highest BCUT2D eigenvalue weighted by molar-refractivity contribution is 6.14. The minimum atomic E-state index is -0.888. The van der Waals surface area contributed by atoms with Crippen molar-refractivity contribution in [3.8, 4) is 6.01 Å². The highest BCUT2D eigenvalue weighted by Crippen LogP contribution is 2.06. The minimum absolute atomic E-state index is 0.0221. The van der Waals surface area contributed by atoms with Crippen LogP contribution in [0.3, 0.4) is 0 Å². The molecule has 0 saturated heterocycles. The largest absolute Gasteiger partial charge is 0.468 e. The Morgan fingerprint density at radius 2 is 1.85 bits per heavy atom. The maximum Gasteiger partial charge on any atom is 0.346 e. The zero-order valence-corrected chi connectivity index (χ0v) is 11.1. The standard InChI is InChI=1S/C11H13N3O6/c1-18-9(16)6(10(17)19-2)5-12-7-4-8(15)14-11(13-7)20-3/h4-5H,1-3H3,(H2,12,13,14,15). The fraction of sp³-hybridized carbons (Fsp3) is 0.273. The van der Waals surface area contributed by atoms with Crippen molar-refractivity contribution in [2.75, 3.05) is 26.6 Å². The van der Waals surface area contributed by atoms with Gasteiger partial charge in [-0.1, -0.05) is 0 Å². The van der Waals surface area contributed by atoms with E-state index >= 15 is 0 Å². The molecule has 0 aliphatic heterocycles. The Morgan fingerprint density at radius 1 is 1.25 bits per heavy atom. The monoisotopic (exact) mass is 283 g/mol. The van der Waals surface area contributed by atoms with E-state index in [0.717, 1.165) is 26.5 Å². The molecule has 0 aliphatic rings. The van der Waals surface area contributed by atoms with Crippen molar-refractivity contribution in [2.24, 2.45) is 0 Å². The van der Waals surface area contributed by atoms with Gasteiger partial charge >= 0.3 is 11.9 Å². The van der Waals surface area contributed by atoms with Gasteiger partial charge in [0.15, 0.2) is 5.57 Å². The average molecular weight is 283 g/mol. The van der Waals surface area contributed by atoms with E-state index in [4.69, 9.17) is 4.74 Å². The number of ether oxygens (including phenoxy) is 3. The number of anilines is 1. The Hall–Kier alpha value is -2.84. The van der Waals surface area contributed by atoms with E-state index in [2.05, 4.69) is 24.8 Å². The third-order valence-corrected chi connectivity index (χ3v) is 2.09. The number of H-pyrrole nitrogens is 1. The van der Waals surface area contributed by atoms with Crippen LogP contribution in [0.4, 0.5) is 5.82 Å². The molecule has 1 aromatic heterocycles. The van der Waals surface area contributed by atoms with E-state index in [9.17, 15) is 14.4 Å². The summed E-state index contributed by atoms with van der Waals surface area (Å²) in [5, 5.41) is 2.52. The third kappa shape index (κ3) is 3.83. The number of aromatic amines is 1. The molecule has 0 amide bonds. The first kappa shape index (κ1) is 15.2. The van der Waals surface area contributed by atoms with Gasteiger partial charge in [0, 0.05) is 12.3 Å². The van der Waals surface area contributed by atoms with Gasteiger partial charge in [0.1, 0.15) is 5.82 Å². The number of rotatable bonds is 5. The molecule has 0 atom stereocenters. The van der Waals surface area contributed by atoms with Gasteiger partial charge in [-0.2, -0.15) is 4.98 Å². The normalized spacial score (nSPS) is 9.35. The first-order valence-electron chi connectivity index (χ1n) is 5.30. The van der Waals surface area contributed by atoms with E-state index < -0.39 is 17.5 Å². The van der Waals surface area contributed by atoms with Crippen LogP contribution in [0.25, 0.3) is 0 Å². The van der Waals surface area contributed by atoms with Crippen LogP contribution in [0.5, 0.6) is 6.01 Å². The lowest BCUT2D eigenvalue weighted by Gasteiger charge is -2.05. The zero-order valence-electron chi connectivity index (χ0n) is 11.1. The summed E-state index contributed by atoms with van der Waals surface area (Å²) in [5.41, 5.74) is -0.846. The number of hydrogen-bond donors (Lipinski definition) is 2. The van der Waals surface area contributed by atoms with Crippen molar-refractivity contribution in [1.29, 1.82) is 0 Å². The maximum absolute atomic E-state index is 11.4. The van der Waals surface area contributed by atoms with E-state index in [0.29, 0.717) is 0 Å². The zero-order chi connectivity index (χ0) is 15.1. The van der Waals surface area contributed by atoms with E-state index in [1.807, 2.05) is 0 Å². The van der Waals surface area contributed by atoms with Crippen molar-refractivity contribution in [1.82, 2.24) is 9.97 Å². The van der Waals surface area contributed by atoms with Crippen LogP contribution in [0.15, 0.2) is 22.6 Å². The van der Waals surface area contributed by atoms with Crippen molar-refractivity contribution < 1.29 is 23.8 Å². The molecule has 0 spiro atoms. The van der Waals surface area contributed by atoms with Gasteiger partial charge in [-0.25, -0.2) is 9.59 Å². The van der Waals surface area contributed by atoms with Gasteiger partial charge in [0.25, 0.3) is 11.6 Å². The fourth-order valence-corrected chi connectivity index (χ4v) is 1.17. The molecule has 0 bridgehead atoms. The molecular weight excluding hydrogens is 270 g/mol. The highest BCUT2D eigenvalue weighted by Gasteiger charge is 2.19. The number of hydrogen-bond acceptors (Lipinski definition) is 8. The minimum Gasteiger partial charge on any atom is -0.468 e. The molecule has 0 saturated carbocycles. The van der Waals surface area contributed by atoms with Gasteiger partial charge in [-0.3, -0.25) is 9.78 Å². The topological polar surface area (TPSA) is 120 Å². The summed E-state index contributed by atoms with van der Waals surface area (Å²) in [7, 11) is 3.56. The van der Waals surface area contributed by atoms with Crippen LogP contribution < -0.4 is 15.6 Å². The molecule has 1 rings (SSSR count). The molecule has 0 aromatic carbocycles. The molecule has 0 radical (unpaired) electrons. The smallest absolute Gasteiger partial charge is 0.346 e.